The maximum atomic E-state index is 9.18. The van der Waals surface area contributed by atoms with Gasteiger partial charge in [-0.05, 0) is 42.7 Å². The molecule has 0 aliphatic carbocycles. The van der Waals surface area contributed by atoms with Gasteiger partial charge in [0.15, 0.2) is 0 Å². The number of hydrogen-bond donors (Lipinski definition) is 2. The van der Waals surface area contributed by atoms with Gasteiger partial charge in [0.2, 0.25) is 0 Å². The fraction of sp³-hybridized carbons (Fsp3) is 0.292. The first-order valence-corrected chi connectivity index (χ1v) is 10.8. The van der Waals surface area contributed by atoms with Crippen LogP contribution in [0.15, 0.2) is 54.9 Å². The summed E-state index contributed by atoms with van der Waals surface area (Å²) in [5.74, 6) is 0.728. The fourth-order valence-electron chi connectivity index (χ4n) is 4.32. The third kappa shape index (κ3) is 3.73. The zero-order chi connectivity index (χ0) is 22.1. The quantitative estimate of drug-likeness (QED) is 0.486. The zero-order valence-electron chi connectivity index (χ0n) is 18.2. The van der Waals surface area contributed by atoms with E-state index in [0.29, 0.717) is 0 Å². The van der Waals surface area contributed by atoms with Crippen LogP contribution in [-0.2, 0) is 13.6 Å². The minimum absolute atomic E-state index is 0.0253. The molecular formula is C24H26N6O2. The summed E-state index contributed by atoms with van der Waals surface area (Å²) in [7, 11) is 1.92. The zero-order valence-corrected chi connectivity index (χ0v) is 18.2. The summed E-state index contributed by atoms with van der Waals surface area (Å²) in [5, 5.41) is 25.9. The second kappa shape index (κ2) is 8.47. The van der Waals surface area contributed by atoms with Crippen LogP contribution in [0, 0.1) is 6.92 Å². The number of aromatic nitrogens is 5. The van der Waals surface area contributed by atoms with Gasteiger partial charge in [-0.25, -0.2) is 4.68 Å². The molecule has 8 nitrogen and oxygen atoms in total. The average molecular weight is 431 g/mol. The predicted molar refractivity (Wildman–Crippen MR) is 122 cm³/mol. The Labute approximate surface area is 186 Å². The maximum Gasteiger partial charge on any atom is 0.142 e. The first kappa shape index (κ1) is 20.3. The van der Waals surface area contributed by atoms with Crippen molar-refractivity contribution in [1.29, 1.82) is 0 Å². The molecule has 1 atom stereocenters. The number of nitrogens with one attached hydrogen (secondary N) is 1. The lowest BCUT2D eigenvalue weighted by Crippen LogP contribution is -2.14. The van der Waals surface area contributed by atoms with Gasteiger partial charge >= 0.3 is 0 Å². The molecule has 32 heavy (non-hydrogen) atoms. The number of benzene rings is 2. The number of ether oxygens (including phenoxy) is 1. The molecule has 0 radical (unpaired) electrons. The molecule has 0 amide bonds. The Balaban J connectivity index is 1.59. The number of rotatable bonds is 6. The molecule has 8 heteroatoms. The van der Waals surface area contributed by atoms with Crippen LogP contribution in [0.25, 0.3) is 22.4 Å². The first-order chi connectivity index (χ1) is 15.6. The van der Waals surface area contributed by atoms with E-state index in [0.717, 1.165) is 52.5 Å². The lowest BCUT2D eigenvalue weighted by Gasteiger charge is -2.23. The van der Waals surface area contributed by atoms with Crippen molar-refractivity contribution in [2.45, 2.75) is 25.9 Å². The highest BCUT2D eigenvalue weighted by atomic mass is 16.5. The average Bonchev–Trinajstić information content (AvgIpc) is 3.36. The predicted octanol–water partition coefficient (Wildman–Crippen LogP) is 3.58. The van der Waals surface area contributed by atoms with Crippen LogP contribution in [0.1, 0.15) is 23.7 Å². The highest BCUT2D eigenvalue weighted by Gasteiger charge is 2.26. The molecule has 4 aromatic rings. The summed E-state index contributed by atoms with van der Waals surface area (Å²) in [4.78, 5) is 0. The van der Waals surface area contributed by atoms with Crippen LogP contribution in [0.2, 0.25) is 0 Å². The topological polar surface area (TPSA) is 90.0 Å². The largest absolute Gasteiger partial charge is 0.489 e. The molecular weight excluding hydrogens is 404 g/mol. The van der Waals surface area contributed by atoms with Crippen LogP contribution in [0.5, 0.6) is 5.75 Å². The Kier molecular flexibility index (Phi) is 5.36. The number of para-hydroxylation sites is 2. The summed E-state index contributed by atoms with van der Waals surface area (Å²) in [6, 6.07) is 14.4. The Hall–Kier alpha value is -3.65. The Morgan fingerprint density at radius 3 is 2.88 bits per heavy atom. The van der Waals surface area contributed by atoms with Crippen molar-refractivity contribution in [2.24, 2.45) is 7.05 Å². The molecule has 0 saturated heterocycles. The van der Waals surface area contributed by atoms with Crippen LogP contribution in [-0.4, -0.2) is 43.1 Å². The third-order valence-corrected chi connectivity index (χ3v) is 5.82. The van der Waals surface area contributed by atoms with Gasteiger partial charge < -0.3 is 15.2 Å². The van der Waals surface area contributed by atoms with E-state index < -0.39 is 0 Å². The van der Waals surface area contributed by atoms with Gasteiger partial charge in [-0.15, -0.1) is 5.10 Å². The van der Waals surface area contributed by atoms with Crippen molar-refractivity contribution in [3.8, 4) is 28.1 Å². The van der Waals surface area contributed by atoms with E-state index in [1.165, 1.54) is 5.56 Å². The van der Waals surface area contributed by atoms with Crippen LogP contribution in [0.4, 0.5) is 5.69 Å². The summed E-state index contributed by atoms with van der Waals surface area (Å²) in [6.07, 6.45) is 4.75. The van der Waals surface area contributed by atoms with Crippen molar-refractivity contribution in [2.75, 3.05) is 18.5 Å². The highest BCUT2D eigenvalue weighted by molar-refractivity contribution is 5.74. The summed E-state index contributed by atoms with van der Waals surface area (Å²) in [5.41, 5.74) is 7.40. The van der Waals surface area contributed by atoms with Crippen molar-refractivity contribution in [1.82, 2.24) is 24.8 Å². The smallest absolute Gasteiger partial charge is 0.142 e. The van der Waals surface area contributed by atoms with Crippen LogP contribution in [0.3, 0.4) is 0 Å². The van der Waals surface area contributed by atoms with Crippen molar-refractivity contribution in [3.63, 3.8) is 0 Å². The van der Waals surface area contributed by atoms with Gasteiger partial charge in [0.1, 0.15) is 12.4 Å². The molecule has 164 valence electrons. The van der Waals surface area contributed by atoms with Gasteiger partial charge in [0, 0.05) is 30.9 Å². The monoisotopic (exact) mass is 430 g/mol. The van der Waals surface area contributed by atoms with Gasteiger partial charge in [-0.2, -0.15) is 5.10 Å². The van der Waals surface area contributed by atoms with Crippen LogP contribution >= 0.6 is 0 Å². The summed E-state index contributed by atoms with van der Waals surface area (Å²) in [6.45, 7) is 2.99. The Morgan fingerprint density at radius 1 is 1.19 bits per heavy atom. The Bertz CT molecular complexity index is 1250. The minimum Gasteiger partial charge on any atom is -0.489 e. The minimum atomic E-state index is -0.0253. The van der Waals surface area contributed by atoms with E-state index in [1.807, 2.05) is 60.0 Å². The van der Waals surface area contributed by atoms with E-state index >= 15 is 0 Å². The molecule has 2 aromatic carbocycles. The van der Waals surface area contributed by atoms with E-state index in [-0.39, 0.29) is 19.3 Å². The molecule has 0 bridgehead atoms. The molecule has 1 aliphatic rings. The molecule has 2 N–H and O–H groups in total. The third-order valence-electron chi connectivity index (χ3n) is 5.82. The SMILES string of the molecule is Cc1nnn2c1-c1ccc(-c3cnn(C)c3)cc1C(Nc1ccccc1OCCO)CC2. The second-order valence-electron chi connectivity index (χ2n) is 8.01. The standard InChI is InChI=1S/C24H26N6O2/c1-16-24-19-8-7-17(18-14-25-29(2)15-18)13-20(19)21(9-10-30(24)28-27-16)26-22-5-3-4-6-23(22)32-12-11-31/h3-8,13-15,21,26,31H,9-12H2,1-2H3. The van der Waals surface area contributed by atoms with Gasteiger partial charge in [0.05, 0.1) is 35.9 Å². The normalized spacial score (nSPS) is 15.0. The molecule has 0 fully saturated rings. The number of nitrogens with zero attached hydrogens (tertiary/aromatic N) is 5. The van der Waals surface area contributed by atoms with Gasteiger partial charge in [0.25, 0.3) is 0 Å². The lowest BCUT2D eigenvalue weighted by molar-refractivity contribution is 0.202. The first-order valence-electron chi connectivity index (χ1n) is 10.8. The van der Waals surface area contributed by atoms with Crippen molar-refractivity contribution < 1.29 is 9.84 Å². The van der Waals surface area contributed by atoms with Gasteiger partial charge in [-0.3, -0.25) is 4.68 Å². The van der Waals surface area contributed by atoms with E-state index in [1.54, 1.807) is 0 Å². The molecule has 2 aromatic heterocycles. The highest BCUT2D eigenvalue weighted by Crippen LogP contribution is 2.40. The van der Waals surface area contributed by atoms with Crippen molar-refractivity contribution in [3.05, 3.63) is 66.1 Å². The molecule has 0 saturated carbocycles. The number of anilines is 1. The van der Waals surface area contributed by atoms with E-state index in [4.69, 9.17) is 4.74 Å². The molecule has 3 heterocycles. The summed E-state index contributed by atoms with van der Waals surface area (Å²) >= 11 is 0. The summed E-state index contributed by atoms with van der Waals surface area (Å²) < 4.78 is 9.57. The Morgan fingerprint density at radius 2 is 2.06 bits per heavy atom. The number of hydrogen-bond acceptors (Lipinski definition) is 6. The van der Waals surface area contributed by atoms with Crippen LogP contribution < -0.4 is 10.1 Å². The molecule has 5 rings (SSSR count). The number of aliphatic hydroxyl groups excluding tert-OH is 1. The van der Waals surface area contributed by atoms with E-state index in [2.05, 4.69) is 38.9 Å². The van der Waals surface area contributed by atoms with E-state index in [9.17, 15) is 5.11 Å². The fourth-order valence-corrected chi connectivity index (χ4v) is 4.32. The number of aliphatic hydroxyl groups is 1. The molecule has 1 aliphatic heterocycles. The second-order valence-corrected chi connectivity index (χ2v) is 8.01. The van der Waals surface area contributed by atoms with Crippen molar-refractivity contribution >= 4 is 5.69 Å². The number of aryl methyl sites for hydroxylation is 3. The lowest BCUT2D eigenvalue weighted by atomic mass is 9.93. The van der Waals surface area contributed by atoms with Gasteiger partial charge in [-0.1, -0.05) is 29.5 Å². The maximum absolute atomic E-state index is 9.18. The molecule has 1 unspecified atom stereocenters. The number of fused-ring (bicyclic) bond motifs is 3. The molecule has 0 spiro atoms.